The molecule has 0 unspecified atom stereocenters. The molecule has 0 saturated carbocycles. The van der Waals surface area contributed by atoms with Crippen molar-refractivity contribution in [1.82, 2.24) is 5.32 Å². The number of hydrogen-bond acceptors (Lipinski definition) is 3. The van der Waals surface area contributed by atoms with Crippen LogP contribution in [0.15, 0.2) is 24.3 Å². The number of ether oxygens (including phenoxy) is 1. The van der Waals surface area contributed by atoms with Gasteiger partial charge >= 0.3 is 6.09 Å². The molecule has 106 valence electrons. The largest absolute Gasteiger partial charge is 0.444 e. The molecular weight excluding hydrogens is 252 g/mol. The van der Waals surface area contributed by atoms with Crippen LogP contribution in [-0.2, 0) is 4.74 Å². The van der Waals surface area contributed by atoms with Gasteiger partial charge in [0.25, 0.3) is 0 Å². The van der Waals surface area contributed by atoms with Gasteiger partial charge in [-0.3, -0.25) is 0 Å². The van der Waals surface area contributed by atoms with Gasteiger partial charge in [-0.05, 0) is 44.9 Å². The lowest BCUT2D eigenvalue weighted by Gasteiger charge is -2.19. The minimum absolute atomic E-state index is 0.380. The Morgan fingerprint density at radius 1 is 1.45 bits per heavy atom. The molecule has 0 saturated heterocycles. The van der Waals surface area contributed by atoms with E-state index >= 15 is 0 Å². The van der Waals surface area contributed by atoms with Crippen LogP contribution in [-0.4, -0.2) is 18.2 Å². The van der Waals surface area contributed by atoms with Crippen LogP contribution in [0.1, 0.15) is 37.5 Å². The van der Waals surface area contributed by atoms with Gasteiger partial charge in [-0.25, -0.2) is 4.79 Å². The van der Waals surface area contributed by atoms with Crippen molar-refractivity contribution in [2.75, 3.05) is 6.54 Å². The number of rotatable bonds is 3. The normalized spacial score (nSPS) is 11.2. The van der Waals surface area contributed by atoms with Gasteiger partial charge in [0.15, 0.2) is 0 Å². The summed E-state index contributed by atoms with van der Waals surface area (Å²) in [6.45, 7) is 7.74. The van der Waals surface area contributed by atoms with Crippen LogP contribution in [0.3, 0.4) is 0 Å². The van der Waals surface area contributed by atoms with Crippen LogP contribution in [0.5, 0.6) is 0 Å². The van der Waals surface area contributed by atoms with Gasteiger partial charge in [0.05, 0.1) is 11.6 Å². The first-order chi connectivity index (χ1) is 9.33. The summed E-state index contributed by atoms with van der Waals surface area (Å²) in [5.41, 5.74) is 2.07. The standard InChI is InChI=1S/C16H20N2O2/c1-12-13(7-5-8-14(12)11-17)9-6-10-18-15(19)20-16(2,3)4/h5-9H,10H2,1-4H3,(H,18,19). The fraction of sp³-hybridized carbons (Fsp3) is 0.375. The van der Waals surface area contributed by atoms with E-state index in [1.807, 2.05) is 52.0 Å². The Kier molecular flexibility index (Phi) is 5.33. The van der Waals surface area contributed by atoms with Crippen molar-refractivity contribution in [3.8, 4) is 6.07 Å². The second-order valence-electron chi connectivity index (χ2n) is 5.42. The van der Waals surface area contributed by atoms with E-state index in [2.05, 4.69) is 11.4 Å². The lowest BCUT2D eigenvalue weighted by Crippen LogP contribution is -2.32. The molecule has 1 N–H and O–H groups in total. The van der Waals surface area contributed by atoms with Crippen molar-refractivity contribution in [3.05, 3.63) is 41.0 Å². The molecule has 0 atom stereocenters. The summed E-state index contributed by atoms with van der Waals surface area (Å²) < 4.78 is 5.12. The van der Waals surface area contributed by atoms with E-state index in [1.165, 1.54) is 0 Å². The van der Waals surface area contributed by atoms with Crippen LogP contribution in [0.2, 0.25) is 0 Å². The summed E-state index contributed by atoms with van der Waals surface area (Å²) in [5, 5.41) is 11.6. The summed E-state index contributed by atoms with van der Waals surface area (Å²) in [6.07, 6.45) is 3.27. The SMILES string of the molecule is Cc1c(C#N)cccc1C=CCNC(=O)OC(C)(C)C. The molecule has 0 bridgehead atoms. The molecule has 0 radical (unpaired) electrons. The molecule has 4 nitrogen and oxygen atoms in total. The zero-order chi connectivity index (χ0) is 15.2. The summed E-state index contributed by atoms with van der Waals surface area (Å²) in [7, 11) is 0. The predicted octanol–water partition coefficient (Wildman–Crippen LogP) is 3.40. The average Bonchev–Trinajstić information content (AvgIpc) is 2.34. The summed E-state index contributed by atoms with van der Waals surface area (Å²) in [5.74, 6) is 0. The fourth-order valence-electron chi connectivity index (χ4n) is 1.60. The van der Waals surface area contributed by atoms with E-state index < -0.39 is 11.7 Å². The highest BCUT2D eigenvalue weighted by atomic mass is 16.6. The van der Waals surface area contributed by atoms with E-state index in [1.54, 1.807) is 6.07 Å². The van der Waals surface area contributed by atoms with Crippen molar-refractivity contribution >= 4 is 12.2 Å². The highest BCUT2D eigenvalue weighted by Crippen LogP contribution is 2.14. The fourth-order valence-corrected chi connectivity index (χ4v) is 1.60. The molecule has 20 heavy (non-hydrogen) atoms. The monoisotopic (exact) mass is 272 g/mol. The van der Waals surface area contributed by atoms with Gasteiger partial charge in [0.2, 0.25) is 0 Å². The highest BCUT2D eigenvalue weighted by molar-refractivity contribution is 5.68. The van der Waals surface area contributed by atoms with Crippen molar-refractivity contribution in [2.45, 2.75) is 33.3 Å². The molecule has 0 aliphatic heterocycles. The minimum Gasteiger partial charge on any atom is -0.444 e. The topological polar surface area (TPSA) is 62.1 Å². The van der Waals surface area contributed by atoms with E-state index in [4.69, 9.17) is 10.00 Å². The quantitative estimate of drug-likeness (QED) is 0.917. The summed E-state index contributed by atoms with van der Waals surface area (Å²) in [4.78, 5) is 11.4. The number of nitrogens with zero attached hydrogens (tertiary/aromatic N) is 1. The van der Waals surface area contributed by atoms with Crippen molar-refractivity contribution in [2.24, 2.45) is 0 Å². The van der Waals surface area contributed by atoms with Gasteiger partial charge < -0.3 is 10.1 Å². The van der Waals surface area contributed by atoms with Gasteiger partial charge in [-0.15, -0.1) is 0 Å². The molecule has 0 aliphatic carbocycles. The van der Waals surface area contributed by atoms with Gasteiger partial charge in [0.1, 0.15) is 5.60 Å². The number of nitriles is 1. The molecule has 0 aliphatic rings. The number of carbonyl (C=O) groups excluding carboxylic acids is 1. The Balaban J connectivity index is 2.55. The first-order valence-corrected chi connectivity index (χ1v) is 6.46. The Morgan fingerprint density at radius 2 is 2.15 bits per heavy atom. The van der Waals surface area contributed by atoms with E-state index in [0.717, 1.165) is 11.1 Å². The molecule has 1 amide bonds. The minimum atomic E-state index is -0.495. The number of carbonyl (C=O) groups is 1. The van der Waals surface area contributed by atoms with E-state index in [-0.39, 0.29) is 0 Å². The number of alkyl carbamates (subject to hydrolysis) is 1. The lowest BCUT2D eigenvalue weighted by molar-refractivity contribution is 0.0534. The maximum atomic E-state index is 11.4. The third-order valence-corrected chi connectivity index (χ3v) is 2.56. The molecule has 1 aromatic rings. The molecule has 0 heterocycles. The molecule has 1 aromatic carbocycles. The molecule has 0 fully saturated rings. The van der Waals surface area contributed by atoms with Gasteiger partial charge in [-0.2, -0.15) is 5.26 Å². The second-order valence-corrected chi connectivity index (χ2v) is 5.42. The smallest absolute Gasteiger partial charge is 0.407 e. The number of benzene rings is 1. The summed E-state index contributed by atoms with van der Waals surface area (Å²) in [6, 6.07) is 7.70. The van der Waals surface area contributed by atoms with Crippen LogP contribution < -0.4 is 5.32 Å². The van der Waals surface area contributed by atoms with Crippen molar-refractivity contribution < 1.29 is 9.53 Å². The van der Waals surface area contributed by atoms with Gasteiger partial charge in [0, 0.05) is 6.54 Å². The Bertz CT molecular complexity index is 549. The first kappa shape index (κ1) is 15.8. The molecule has 1 rings (SSSR count). The molecule has 4 heteroatoms. The van der Waals surface area contributed by atoms with Crippen molar-refractivity contribution in [1.29, 1.82) is 5.26 Å². The first-order valence-electron chi connectivity index (χ1n) is 6.46. The number of nitrogens with one attached hydrogen (secondary N) is 1. The number of hydrogen-bond donors (Lipinski definition) is 1. The molecule has 0 spiro atoms. The maximum Gasteiger partial charge on any atom is 0.407 e. The molecular formula is C16H20N2O2. The average molecular weight is 272 g/mol. The highest BCUT2D eigenvalue weighted by Gasteiger charge is 2.14. The predicted molar refractivity (Wildman–Crippen MR) is 79.2 cm³/mol. The summed E-state index contributed by atoms with van der Waals surface area (Å²) >= 11 is 0. The number of amides is 1. The zero-order valence-electron chi connectivity index (χ0n) is 12.4. The third-order valence-electron chi connectivity index (χ3n) is 2.56. The van der Waals surface area contributed by atoms with E-state index in [9.17, 15) is 4.79 Å². The van der Waals surface area contributed by atoms with Crippen LogP contribution in [0.4, 0.5) is 4.79 Å². The maximum absolute atomic E-state index is 11.4. The second kappa shape index (κ2) is 6.76. The third kappa shape index (κ3) is 5.15. The van der Waals surface area contributed by atoms with Crippen LogP contribution in [0, 0.1) is 18.3 Å². The van der Waals surface area contributed by atoms with Crippen molar-refractivity contribution in [3.63, 3.8) is 0 Å². The zero-order valence-corrected chi connectivity index (χ0v) is 12.4. The molecule has 0 aromatic heterocycles. The Morgan fingerprint density at radius 3 is 2.75 bits per heavy atom. The lowest BCUT2D eigenvalue weighted by atomic mass is 10.0. The van der Waals surface area contributed by atoms with E-state index in [0.29, 0.717) is 12.1 Å². The van der Waals surface area contributed by atoms with Crippen LogP contribution >= 0.6 is 0 Å². The van der Waals surface area contributed by atoms with Crippen LogP contribution in [0.25, 0.3) is 6.08 Å². The Labute approximate surface area is 120 Å². The Hall–Kier alpha value is -2.28. The van der Waals surface area contributed by atoms with Gasteiger partial charge in [-0.1, -0.05) is 24.3 Å².